The molecule has 0 amide bonds. The quantitative estimate of drug-likeness (QED) is 0.425. The van der Waals surface area contributed by atoms with E-state index in [-0.39, 0.29) is 12.6 Å². The molecule has 0 saturated carbocycles. The van der Waals surface area contributed by atoms with Gasteiger partial charge in [-0.25, -0.2) is 13.8 Å². The molecule has 0 radical (unpaired) electrons. The predicted molar refractivity (Wildman–Crippen MR) is 63.1 cm³/mol. The number of aryl methyl sites for hydroxylation is 1. The molecule has 0 saturated heterocycles. The summed E-state index contributed by atoms with van der Waals surface area (Å²) in [5.41, 5.74) is 3.61. The summed E-state index contributed by atoms with van der Waals surface area (Å²) in [5.74, 6) is 5.39. The molecule has 3 N–H and O–H groups in total. The number of hydrazine groups is 1. The highest BCUT2D eigenvalue weighted by Gasteiger charge is 2.10. The molecule has 1 atom stereocenters. The van der Waals surface area contributed by atoms with Crippen LogP contribution in [0.15, 0.2) is 5.38 Å². The van der Waals surface area contributed by atoms with Crippen molar-refractivity contribution in [3.8, 4) is 0 Å². The van der Waals surface area contributed by atoms with Crippen LogP contribution in [0, 0.1) is 6.92 Å². The van der Waals surface area contributed by atoms with E-state index in [1.807, 2.05) is 12.3 Å². The van der Waals surface area contributed by atoms with Crippen LogP contribution < -0.4 is 11.3 Å². The summed E-state index contributed by atoms with van der Waals surface area (Å²) in [6, 6.07) is -0.00540. The number of alkyl halides is 2. The molecule has 1 rings (SSSR count). The molecule has 98 valence electrons. The maximum absolute atomic E-state index is 11.8. The minimum absolute atomic E-state index is 0.00540. The zero-order valence-electron chi connectivity index (χ0n) is 9.66. The van der Waals surface area contributed by atoms with Crippen LogP contribution in [0.2, 0.25) is 0 Å². The van der Waals surface area contributed by atoms with Gasteiger partial charge < -0.3 is 4.74 Å². The fraction of sp³-hybridized carbons (Fsp3) is 0.700. The lowest BCUT2D eigenvalue weighted by Gasteiger charge is -2.14. The van der Waals surface area contributed by atoms with Crippen LogP contribution in [0.25, 0.3) is 0 Å². The molecule has 0 fully saturated rings. The summed E-state index contributed by atoms with van der Waals surface area (Å²) >= 11 is 1.58. The molecule has 1 heterocycles. The van der Waals surface area contributed by atoms with Crippen LogP contribution >= 0.6 is 11.3 Å². The van der Waals surface area contributed by atoms with Crippen molar-refractivity contribution in [3.63, 3.8) is 0 Å². The van der Waals surface area contributed by atoms with Crippen molar-refractivity contribution in [2.75, 3.05) is 13.2 Å². The zero-order valence-corrected chi connectivity index (χ0v) is 10.5. The second-order valence-corrected chi connectivity index (χ2v) is 4.74. The Morgan fingerprint density at radius 2 is 2.35 bits per heavy atom. The molecule has 1 aromatic heterocycles. The van der Waals surface area contributed by atoms with Gasteiger partial charge in [-0.3, -0.25) is 11.3 Å². The molecule has 0 aliphatic carbocycles. The third-order valence-corrected chi connectivity index (χ3v) is 3.03. The first-order valence-electron chi connectivity index (χ1n) is 5.35. The molecular formula is C10H17F2N3OS. The van der Waals surface area contributed by atoms with Crippen molar-refractivity contribution >= 4 is 11.3 Å². The molecule has 0 aliphatic rings. The van der Waals surface area contributed by atoms with Crippen LogP contribution in [0.3, 0.4) is 0 Å². The Hall–Kier alpha value is -0.630. The average molecular weight is 265 g/mol. The van der Waals surface area contributed by atoms with Crippen LogP contribution in [-0.2, 0) is 11.2 Å². The third-order valence-electron chi connectivity index (χ3n) is 2.21. The van der Waals surface area contributed by atoms with Gasteiger partial charge in [-0.05, 0) is 13.3 Å². The highest BCUT2D eigenvalue weighted by Crippen LogP contribution is 2.11. The summed E-state index contributed by atoms with van der Waals surface area (Å²) in [7, 11) is 0. The average Bonchev–Trinajstić information content (AvgIpc) is 2.68. The lowest BCUT2D eigenvalue weighted by Crippen LogP contribution is -2.37. The number of aromatic nitrogens is 1. The number of rotatable bonds is 8. The third kappa shape index (κ3) is 6.02. The van der Waals surface area contributed by atoms with Gasteiger partial charge in [0.05, 0.1) is 10.7 Å². The lowest BCUT2D eigenvalue weighted by atomic mass is 10.1. The minimum atomic E-state index is -2.42. The van der Waals surface area contributed by atoms with E-state index in [2.05, 4.69) is 10.4 Å². The largest absolute Gasteiger partial charge is 0.375 e. The Balaban J connectivity index is 2.24. The maximum Gasteiger partial charge on any atom is 0.261 e. The lowest BCUT2D eigenvalue weighted by molar-refractivity contribution is 0.0144. The number of hydrogen-bond donors (Lipinski definition) is 2. The fourth-order valence-electron chi connectivity index (χ4n) is 1.40. The Bertz CT molecular complexity index is 322. The fourth-order valence-corrected chi connectivity index (χ4v) is 2.02. The van der Waals surface area contributed by atoms with E-state index in [9.17, 15) is 8.78 Å². The summed E-state index contributed by atoms with van der Waals surface area (Å²) in [6.07, 6.45) is -1.15. The molecule has 0 spiro atoms. The van der Waals surface area contributed by atoms with Crippen molar-refractivity contribution < 1.29 is 13.5 Å². The molecule has 0 aliphatic heterocycles. The molecule has 7 heteroatoms. The van der Waals surface area contributed by atoms with Crippen molar-refractivity contribution in [3.05, 3.63) is 16.1 Å². The Morgan fingerprint density at radius 3 is 2.88 bits per heavy atom. The number of hydrogen-bond acceptors (Lipinski definition) is 5. The first-order chi connectivity index (χ1) is 8.11. The van der Waals surface area contributed by atoms with Gasteiger partial charge in [0.25, 0.3) is 6.43 Å². The van der Waals surface area contributed by atoms with Gasteiger partial charge in [-0.1, -0.05) is 0 Å². The topological polar surface area (TPSA) is 60.2 Å². The Kier molecular flexibility index (Phi) is 6.49. The zero-order chi connectivity index (χ0) is 12.7. The Morgan fingerprint density at radius 1 is 1.59 bits per heavy atom. The van der Waals surface area contributed by atoms with Gasteiger partial charge in [0.2, 0.25) is 0 Å². The highest BCUT2D eigenvalue weighted by molar-refractivity contribution is 7.09. The first kappa shape index (κ1) is 14.4. The number of halogens is 2. The summed E-state index contributed by atoms with van der Waals surface area (Å²) in [6.45, 7) is 1.68. The van der Waals surface area contributed by atoms with Gasteiger partial charge >= 0.3 is 0 Å². The van der Waals surface area contributed by atoms with Crippen molar-refractivity contribution in [2.24, 2.45) is 5.84 Å². The number of thiazole rings is 1. The van der Waals surface area contributed by atoms with Crippen LogP contribution in [-0.4, -0.2) is 30.7 Å². The highest BCUT2D eigenvalue weighted by atomic mass is 32.1. The maximum atomic E-state index is 11.8. The standard InChI is InChI=1S/C10H17F2N3OS/c1-7-14-9(6-17-7)4-8(15-13)2-3-16-5-10(11)12/h6,8,10,15H,2-5,13H2,1H3. The monoisotopic (exact) mass is 265 g/mol. The van der Waals surface area contributed by atoms with E-state index in [0.29, 0.717) is 12.8 Å². The molecule has 0 bridgehead atoms. The second-order valence-electron chi connectivity index (χ2n) is 3.68. The molecular weight excluding hydrogens is 248 g/mol. The number of nitrogens with two attached hydrogens (primary N) is 1. The number of ether oxygens (including phenoxy) is 1. The van der Waals surface area contributed by atoms with E-state index in [4.69, 9.17) is 10.6 Å². The van der Waals surface area contributed by atoms with Crippen LogP contribution in [0.5, 0.6) is 0 Å². The molecule has 4 nitrogen and oxygen atoms in total. The summed E-state index contributed by atoms with van der Waals surface area (Å²) in [4.78, 5) is 4.32. The Labute approximate surface area is 103 Å². The number of nitrogens with zero attached hydrogens (tertiary/aromatic N) is 1. The predicted octanol–water partition coefficient (Wildman–Crippen LogP) is 1.50. The summed E-state index contributed by atoms with van der Waals surface area (Å²) in [5, 5.41) is 2.98. The van der Waals surface area contributed by atoms with Crippen LogP contribution in [0.1, 0.15) is 17.1 Å². The van der Waals surface area contributed by atoms with E-state index >= 15 is 0 Å². The summed E-state index contributed by atoms with van der Waals surface area (Å²) < 4.78 is 28.4. The van der Waals surface area contributed by atoms with Gasteiger partial charge in [0.15, 0.2) is 0 Å². The molecule has 1 unspecified atom stereocenters. The molecule has 1 aromatic rings. The minimum Gasteiger partial charge on any atom is -0.375 e. The van der Waals surface area contributed by atoms with Crippen molar-refractivity contribution in [1.29, 1.82) is 0 Å². The smallest absolute Gasteiger partial charge is 0.261 e. The number of nitrogens with one attached hydrogen (secondary N) is 1. The van der Waals surface area contributed by atoms with Gasteiger partial charge in [-0.15, -0.1) is 11.3 Å². The second kappa shape index (κ2) is 7.65. The normalized spacial score (nSPS) is 13.2. The van der Waals surface area contributed by atoms with E-state index < -0.39 is 13.0 Å². The van der Waals surface area contributed by atoms with E-state index in [0.717, 1.165) is 10.7 Å². The SMILES string of the molecule is Cc1nc(CC(CCOCC(F)F)NN)cs1. The van der Waals surface area contributed by atoms with Gasteiger partial charge in [-0.2, -0.15) is 0 Å². The van der Waals surface area contributed by atoms with Gasteiger partial charge in [0, 0.05) is 24.4 Å². The van der Waals surface area contributed by atoms with E-state index in [1.54, 1.807) is 11.3 Å². The van der Waals surface area contributed by atoms with Crippen LogP contribution in [0.4, 0.5) is 8.78 Å². The van der Waals surface area contributed by atoms with E-state index in [1.165, 1.54) is 0 Å². The van der Waals surface area contributed by atoms with Crippen molar-refractivity contribution in [2.45, 2.75) is 32.2 Å². The first-order valence-corrected chi connectivity index (χ1v) is 6.22. The molecule has 17 heavy (non-hydrogen) atoms. The molecule has 0 aromatic carbocycles. The van der Waals surface area contributed by atoms with Gasteiger partial charge in [0.1, 0.15) is 6.61 Å². The van der Waals surface area contributed by atoms with Crippen molar-refractivity contribution in [1.82, 2.24) is 10.4 Å².